The van der Waals surface area contributed by atoms with Crippen molar-refractivity contribution in [2.24, 2.45) is 0 Å². The molecular weight excluding hydrogens is 340 g/mol. The van der Waals surface area contributed by atoms with Gasteiger partial charge >= 0.3 is 0 Å². The van der Waals surface area contributed by atoms with Crippen molar-refractivity contribution in [1.82, 2.24) is 10.6 Å². The third-order valence-corrected chi connectivity index (χ3v) is 3.88. The Hall–Kier alpha value is -2.08. The Bertz CT molecular complexity index is 661. The van der Waals surface area contributed by atoms with Gasteiger partial charge in [-0.25, -0.2) is 0 Å². The Balaban J connectivity index is 0.00000225. The molecular formula is C19H23ClN2O3. The average molecular weight is 363 g/mol. The summed E-state index contributed by atoms with van der Waals surface area (Å²) in [6.45, 7) is 2.83. The molecule has 0 spiro atoms. The number of hydrogen-bond acceptors (Lipinski definition) is 4. The van der Waals surface area contributed by atoms with Crippen LogP contribution in [0.25, 0.3) is 0 Å². The maximum atomic E-state index is 12.1. The van der Waals surface area contributed by atoms with Crippen LogP contribution in [0.1, 0.15) is 11.1 Å². The minimum atomic E-state index is -0.420. The third-order valence-electron chi connectivity index (χ3n) is 3.88. The fourth-order valence-corrected chi connectivity index (χ4v) is 2.56. The molecule has 2 N–H and O–H groups in total. The molecule has 25 heavy (non-hydrogen) atoms. The van der Waals surface area contributed by atoms with Crippen LogP contribution >= 0.6 is 12.4 Å². The molecule has 2 aromatic carbocycles. The first-order chi connectivity index (χ1) is 11.8. The van der Waals surface area contributed by atoms with E-state index < -0.39 is 6.10 Å². The lowest BCUT2D eigenvalue weighted by atomic mass is 10.2. The van der Waals surface area contributed by atoms with Crippen LogP contribution in [0.15, 0.2) is 54.6 Å². The van der Waals surface area contributed by atoms with E-state index >= 15 is 0 Å². The molecule has 0 aliphatic carbocycles. The van der Waals surface area contributed by atoms with Gasteiger partial charge in [-0.2, -0.15) is 0 Å². The molecule has 1 aliphatic rings. The fraction of sp³-hybridized carbons (Fsp3) is 0.316. The number of morpholine rings is 1. The first kappa shape index (κ1) is 19.2. The number of hydrogen-bond donors (Lipinski definition) is 2. The number of nitrogens with one attached hydrogen (secondary N) is 2. The summed E-state index contributed by atoms with van der Waals surface area (Å²) in [5.41, 5.74) is 2.06. The number of para-hydroxylation sites is 1. The van der Waals surface area contributed by atoms with Gasteiger partial charge in [0.05, 0.1) is 6.61 Å². The summed E-state index contributed by atoms with van der Waals surface area (Å²) < 4.78 is 11.4. The molecule has 3 rings (SSSR count). The van der Waals surface area contributed by atoms with E-state index in [1.54, 1.807) is 0 Å². The van der Waals surface area contributed by atoms with Gasteiger partial charge in [0.2, 0.25) is 0 Å². The Kier molecular flexibility index (Phi) is 7.73. The second-order valence-corrected chi connectivity index (χ2v) is 5.66. The first-order valence-electron chi connectivity index (χ1n) is 8.17. The van der Waals surface area contributed by atoms with E-state index in [2.05, 4.69) is 10.6 Å². The molecule has 134 valence electrons. The van der Waals surface area contributed by atoms with Gasteiger partial charge in [-0.1, -0.05) is 48.5 Å². The largest absolute Gasteiger partial charge is 0.489 e. The van der Waals surface area contributed by atoms with Crippen molar-refractivity contribution in [1.29, 1.82) is 0 Å². The SMILES string of the molecule is Cl.O=C(NCc1ccccc1OCc1ccccc1)C1CNCCO1. The zero-order chi connectivity index (χ0) is 16.6. The second kappa shape index (κ2) is 10.0. The van der Waals surface area contributed by atoms with E-state index in [-0.39, 0.29) is 18.3 Å². The van der Waals surface area contributed by atoms with Gasteiger partial charge in [0.1, 0.15) is 18.5 Å². The van der Waals surface area contributed by atoms with E-state index in [0.29, 0.717) is 26.3 Å². The summed E-state index contributed by atoms with van der Waals surface area (Å²) in [6, 6.07) is 17.8. The minimum Gasteiger partial charge on any atom is -0.489 e. The van der Waals surface area contributed by atoms with E-state index in [4.69, 9.17) is 9.47 Å². The molecule has 1 amide bonds. The molecule has 0 saturated carbocycles. The van der Waals surface area contributed by atoms with Gasteiger partial charge in [-0.05, 0) is 11.6 Å². The van der Waals surface area contributed by atoms with Crippen LogP contribution in [-0.4, -0.2) is 31.7 Å². The molecule has 1 atom stereocenters. The molecule has 1 heterocycles. The maximum Gasteiger partial charge on any atom is 0.250 e. The van der Waals surface area contributed by atoms with Crippen LogP contribution in [0.3, 0.4) is 0 Å². The van der Waals surface area contributed by atoms with E-state index in [1.165, 1.54) is 0 Å². The standard InChI is InChI=1S/C19H22N2O3.ClH/c22-19(18-13-20-10-11-23-18)21-12-16-8-4-5-9-17(16)24-14-15-6-2-1-3-7-15;/h1-9,18,20H,10-14H2,(H,21,22);1H. The van der Waals surface area contributed by atoms with Crippen LogP contribution in [0.5, 0.6) is 5.75 Å². The molecule has 0 radical (unpaired) electrons. The smallest absolute Gasteiger partial charge is 0.250 e. The van der Waals surface area contributed by atoms with Gasteiger partial charge in [-0.15, -0.1) is 12.4 Å². The molecule has 0 bridgehead atoms. The lowest BCUT2D eigenvalue weighted by Crippen LogP contribution is -2.47. The van der Waals surface area contributed by atoms with Crippen molar-refractivity contribution in [2.45, 2.75) is 19.3 Å². The molecule has 0 aromatic heterocycles. The highest BCUT2D eigenvalue weighted by Crippen LogP contribution is 2.19. The highest BCUT2D eigenvalue weighted by atomic mass is 35.5. The lowest BCUT2D eigenvalue weighted by molar-refractivity contribution is -0.134. The Morgan fingerprint density at radius 3 is 2.68 bits per heavy atom. The van der Waals surface area contributed by atoms with Crippen molar-refractivity contribution in [3.8, 4) is 5.75 Å². The third kappa shape index (κ3) is 5.74. The molecule has 2 aromatic rings. The number of benzene rings is 2. The van der Waals surface area contributed by atoms with Crippen molar-refractivity contribution >= 4 is 18.3 Å². The summed E-state index contributed by atoms with van der Waals surface area (Å²) in [7, 11) is 0. The van der Waals surface area contributed by atoms with Gasteiger partial charge in [0, 0.05) is 25.2 Å². The van der Waals surface area contributed by atoms with Crippen LogP contribution < -0.4 is 15.4 Å². The predicted molar refractivity (Wildman–Crippen MR) is 98.9 cm³/mol. The number of amides is 1. The number of carbonyl (C=O) groups excluding carboxylic acids is 1. The summed E-state index contributed by atoms with van der Waals surface area (Å²) >= 11 is 0. The van der Waals surface area contributed by atoms with Gasteiger partial charge in [0.15, 0.2) is 0 Å². The van der Waals surface area contributed by atoms with Crippen LogP contribution in [-0.2, 0) is 22.7 Å². The van der Waals surface area contributed by atoms with Crippen molar-refractivity contribution < 1.29 is 14.3 Å². The van der Waals surface area contributed by atoms with Crippen molar-refractivity contribution in [3.63, 3.8) is 0 Å². The number of rotatable bonds is 6. The second-order valence-electron chi connectivity index (χ2n) is 5.66. The summed E-state index contributed by atoms with van der Waals surface area (Å²) in [4.78, 5) is 12.1. The lowest BCUT2D eigenvalue weighted by Gasteiger charge is -2.23. The van der Waals surface area contributed by atoms with Crippen LogP contribution in [0.2, 0.25) is 0 Å². The fourth-order valence-electron chi connectivity index (χ4n) is 2.56. The van der Waals surface area contributed by atoms with Gasteiger partial charge in [-0.3, -0.25) is 4.79 Å². The molecule has 6 heteroatoms. The molecule has 1 unspecified atom stereocenters. The molecule has 5 nitrogen and oxygen atoms in total. The van der Waals surface area contributed by atoms with Crippen molar-refractivity contribution in [2.75, 3.05) is 19.7 Å². The molecule has 1 aliphatic heterocycles. The normalized spacial score (nSPS) is 16.6. The Morgan fingerprint density at radius 2 is 1.92 bits per heavy atom. The minimum absolute atomic E-state index is 0. The summed E-state index contributed by atoms with van der Waals surface area (Å²) in [6.07, 6.45) is -0.420. The van der Waals surface area contributed by atoms with Crippen LogP contribution in [0, 0.1) is 0 Å². The zero-order valence-corrected chi connectivity index (χ0v) is 14.8. The van der Waals surface area contributed by atoms with Gasteiger partial charge in [0.25, 0.3) is 5.91 Å². The number of carbonyl (C=O) groups is 1. The van der Waals surface area contributed by atoms with E-state index in [9.17, 15) is 4.79 Å². The summed E-state index contributed by atoms with van der Waals surface area (Å²) in [5.74, 6) is 0.685. The topological polar surface area (TPSA) is 59.6 Å². The quantitative estimate of drug-likeness (QED) is 0.827. The van der Waals surface area contributed by atoms with Gasteiger partial charge < -0.3 is 20.1 Å². The Labute approximate surface area is 154 Å². The molecule has 1 fully saturated rings. The van der Waals surface area contributed by atoms with E-state index in [0.717, 1.165) is 23.4 Å². The average Bonchev–Trinajstić information content (AvgIpc) is 2.66. The maximum absolute atomic E-state index is 12.1. The van der Waals surface area contributed by atoms with E-state index in [1.807, 2.05) is 54.6 Å². The highest BCUT2D eigenvalue weighted by Gasteiger charge is 2.21. The Morgan fingerprint density at radius 1 is 1.16 bits per heavy atom. The summed E-state index contributed by atoms with van der Waals surface area (Å²) in [5, 5.41) is 6.08. The number of ether oxygens (including phenoxy) is 2. The first-order valence-corrected chi connectivity index (χ1v) is 8.17. The predicted octanol–water partition coefficient (Wildman–Crippen LogP) is 2.29. The zero-order valence-electron chi connectivity index (χ0n) is 13.9. The number of halogens is 1. The highest BCUT2D eigenvalue weighted by molar-refractivity contribution is 5.85. The van der Waals surface area contributed by atoms with Crippen molar-refractivity contribution in [3.05, 3.63) is 65.7 Å². The molecule has 1 saturated heterocycles. The van der Waals surface area contributed by atoms with Crippen LogP contribution in [0.4, 0.5) is 0 Å². The monoisotopic (exact) mass is 362 g/mol.